The molecule has 0 radical (unpaired) electrons. The van der Waals surface area contributed by atoms with Gasteiger partial charge in [-0.1, -0.05) is 11.6 Å². The van der Waals surface area contributed by atoms with Crippen molar-refractivity contribution in [2.45, 2.75) is 20.8 Å². The first-order valence-electron chi connectivity index (χ1n) is 8.89. The van der Waals surface area contributed by atoms with Gasteiger partial charge in [0, 0.05) is 4.88 Å². The Balaban J connectivity index is 2.39. The fraction of sp³-hybridized carbons (Fsp3) is 0.286. The number of esters is 1. The SMILES string of the molecule is CCOC(=O)c1c(NC(=O)/C(C#N)=C/c2cc(Cl)c(OC)c(OC)c2)sc(C)c1C. The van der Waals surface area contributed by atoms with Crippen molar-refractivity contribution in [1.29, 1.82) is 5.26 Å². The van der Waals surface area contributed by atoms with Gasteiger partial charge in [-0.05, 0) is 50.1 Å². The molecule has 0 aliphatic rings. The summed E-state index contributed by atoms with van der Waals surface area (Å²) < 4.78 is 15.5. The molecule has 0 aliphatic carbocycles. The third-order valence-corrected chi connectivity index (χ3v) is 5.63. The molecule has 2 aromatic rings. The van der Waals surface area contributed by atoms with Crippen LogP contribution in [0.2, 0.25) is 5.02 Å². The molecular formula is C21H21ClN2O5S. The van der Waals surface area contributed by atoms with Crippen LogP contribution in [0.15, 0.2) is 17.7 Å². The topological polar surface area (TPSA) is 97.7 Å². The van der Waals surface area contributed by atoms with Crippen molar-refractivity contribution in [2.24, 2.45) is 0 Å². The van der Waals surface area contributed by atoms with Crippen LogP contribution in [0.1, 0.15) is 33.3 Å². The maximum atomic E-state index is 12.7. The number of anilines is 1. The number of nitrogens with one attached hydrogen (secondary N) is 1. The van der Waals surface area contributed by atoms with E-state index in [1.165, 1.54) is 31.6 Å². The second-order valence-electron chi connectivity index (χ2n) is 6.07. The lowest BCUT2D eigenvalue weighted by Gasteiger charge is -2.10. The van der Waals surface area contributed by atoms with Gasteiger partial charge in [0.25, 0.3) is 5.91 Å². The summed E-state index contributed by atoms with van der Waals surface area (Å²) in [4.78, 5) is 25.9. The number of thiophene rings is 1. The molecule has 0 fully saturated rings. The van der Waals surface area contributed by atoms with Gasteiger partial charge < -0.3 is 19.5 Å². The van der Waals surface area contributed by atoms with E-state index in [0.29, 0.717) is 27.6 Å². The number of carbonyl (C=O) groups is 2. The average molecular weight is 449 g/mol. The Kier molecular flexibility index (Phi) is 7.86. The summed E-state index contributed by atoms with van der Waals surface area (Å²) in [5, 5.41) is 12.8. The average Bonchev–Trinajstić information content (AvgIpc) is 2.98. The van der Waals surface area contributed by atoms with Crippen molar-refractivity contribution in [2.75, 3.05) is 26.1 Å². The molecule has 9 heteroatoms. The second-order valence-corrected chi connectivity index (χ2v) is 7.70. The molecule has 0 aliphatic heterocycles. The molecule has 0 atom stereocenters. The number of rotatable bonds is 7. The highest BCUT2D eigenvalue weighted by molar-refractivity contribution is 7.16. The standard InChI is InChI=1S/C21H21ClN2O5S/c1-6-29-21(26)17-11(2)12(3)30-20(17)24-19(25)14(10-23)7-13-8-15(22)18(28-5)16(9-13)27-4/h7-9H,6H2,1-5H3,(H,24,25)/b14-7+. The van der Waals surface area contributed by atoms with Crippen LogP contribution < -0.4 is 14.8 Å². The summed E-state index contributed by atoms with van der Waals surface area (Å²) >= 11 is 7.43. The molecule has 1 heterocycles. The van der Waals surface area contributed by atoms with Gasteiger partial charge >= 0.3 is 5.97 Å². The molecule has 0 saturated heterocycles. The molecule has 0 unspecified atom stereocenters. The summed E-state index contributed by atoms with van der Waals surface area (Å²) in [6.07, 6.45) is 1.38. The van der Waals surface area contributed by atoms with Crippen LogP contribution in [0.4, 0.5) is 5.00 Å². The van der Waals surface area contributed by atoms with Crippen LogP contribution in [-0.2, 0) is 9.53 Å². The van der Waals surface area contributed by atoms with E-state index in [-0.39, 0.29) is 17.2 Å². The lowest BCUT2D eigenvalue weighted by atomic mass is 10.1. The van der Waals surface area contributed by atoms with Crippen LogP contribution in [0.25, 0.3) is 6.08 Å². The van der Waals surface area contributed by atoms with Crippen molar-refractivity contribution < 1.29 is 23.8 Å². The van der Waals surface area contributed by atoms with E-state index >= 15 is 0 Å². The highest BCUT2D eigenvalue weighted by Gasteiger charge is 2.23. The molecule has 2 rings (SSSR count). The zero-order valence-electron chi connectivity index (χ0n) is 17.2. The normalized spacial score (nSPS) is 10.9. The van der Waals surface area contributed by atoms with Gasteiger partial charge in [0.15, 0.2) is 11.5 Å². The third kappa shape index (κ3) is 4.93. The predicted molar refractivity (Wildman–Crippen MR) is 117 cm³/mol. The molecule has 158 valence electrons. The first-order chi connectivity index (χ1) is 14.3. The molecule has 1 N–H and O–H groups in total. The number of hydrogen-bond acceptors (Lipinski definition) is 7. The summed E-state index contributed by atoms with van der Waals surface area (Å²) in [7, 11) is 2.91. The van der Waals surface area contributed by atoms with E-state index < -0.39 is 11.9 Å². The largest absolute Gasteiger partial charge is 0.493 e. The molecule has 1 aromatic heterocycles. The maximum absolute atomic E-state index is 12.7. The van der Waals surface area contributed by atoms with Crippen LogP contribution in [0.3, 0.4) is 0 Å². The zero-order valence-corrected chi connectivity index (χ0v) is 18.8. The number of hydrogen-bond donors (Lipinski definition) is 1. The van der Waals surface area contributed by atoms with Gasteiger partial charge in [-0.2, -0.15) is 5.26 Å². The Morgan fingerprint density at radius 1 is 1.27 bits per heavy atom. The van der Waals surface area contributed by atoms with Crippen molar-refractivity contribution in [3.05, 3.63) is 44.3 Å². The number of nitriles is 1. The summed E-state index contributed by atoms with van der Waals surface area (Å²) in [6.45, 7) is 5.53. The van der Waals surface area contributed by atoms with Crippen LogP contribution in [0.5, 0.6) is 11.5 Å². The number of benzene rings is 1. The molecule has 30 heavy (non-hydrogen) atoms. The van der Waals surface area contributed by atoms with E-state index in [9.17, 15) is 14.9 Å². The van der Waals surface area contributed by atoms with E-state index in [0.717, 1.165) is 10.4 Å². The zero-order chi connectivity index (χ0) is 22.4. The Hall–Kier alpha value is -3.02. The maximum Gasteiger partial charge on any atom is 0.341 e. The third-order valence-electron chi connectivity index (χ3n) is 4.22. The molecular weight excluding hydrogens is 428 g/mol. The number of nitrogens with zero attached hydrogens (tertiary/aromatic N) is 1. The number of aryl methyl sites for hydroxylation is 1. The molecule has 0 saturated carbocycles. The molecule has 0 bridgehead atoms. The number of ether oxygens (including phenoxy) is 3. The highest BCUT2D eigenvalue weighted by atomic mass is 35.5. The Bertz CT molecular complexity index is 1050. The van der Waals surface area contributed by atoms with E-state index in [1.54, 1.807) is 26.0 Å². The van der Waals surface area contributed by atoms with Crippen LogP contribution in [-0.4, -0.2) is 32.7 Å². The molecule has 1 aromatic carbocycles. The predicted octanol–water partition coefficient (Wildman–Crippen LogP) is 4.76. The van der Waals surface area contributed by atoms with E-state index in [2.05, 4.69) is 5.32 Å². The minimum atomic E-state index is -0.657. The number of carbonyl (C=O) groups excluding carboxylic acids is 2. The minimum Gasteiger partial charge on any atom is -0.493 e. The van der Waals surface area contributed by atoms with Crippen molar-refractivity contribution in [1.82, 2.24) is 0 Å². The Morgan fingerprint density at radius 2 is 1.97 bits per heavy atom. The first-order valence-corrected chi connectivity index (χ1v) is 10.1. The second kappa shape index (κ2) is 10.1. The molecule has 1 amide bonds. The van der Waals surface area contributed by atoms with Crippen LogP contribution >= 0.6 is 22.9 Å². The number of methoxy groups -OCH3 is 2. The molecule has 7 nitrogen and oxygen atoms in total. The summed E-state index contributed by atoms with van der Waals surface area (Å²) in [6, 6.07) is 5.02. The van der Waals surface area contributed by atoms with Gasteiger partial charge in [0.2, 0.25) is 0 Å². The van der Waals surface area contributed by atoms with Gasteiger partial charge in [-0.15, -0.1) is 11.3 Å². The quantitative estimate of drug-likeness (QED) is 0.372. The summed E-state index contributed by atoms with van der Waals surface area (Å²) in [5.41, 5.74) is 1.33. The fourth-order valence-corrected chi connectivity index (χ4v) is 4.01. The number of amides is 1. The first kappa shape index (κ1) is 23.3. The van der Waals surface area contributed by atoms with Gasteiger partial charge in [0.1, 0.15) is 16.6 Å². The van der Waals surface area contributed by atoms with Gasteiger partial charge in [-0.25, -0.2) is 4.79 Å². The van der Waals surface area contributed by atoms with Gasteiger partial charge in [-0.3, -0.25) is 4.79 Å². The minimum absolute atomic E-state index is 0.170. The van der Waals surface area contributed by atoms with Crippen molar-refractivity contribution >= 4 is 45.9 Å². The monoisotopic (exact) mass is 448 g/mol. The summed E-state index contributed by atoms with van der Waals surface area (Å²) in [5.74, 6) is -0.468. The Morgan fingerprint density at radius 3 is 2.53 bits per heavy atom. The number of halogens is 1. The van der Waals surface area contributed by atoms with Crippen molar-refractivity contribution in [3.8, 4) is 17.6 Å². The lowest BCUT2D eigenvalue weighted by Crippen LogP contribution is -2.16. The van der Waals surface area contributed by atoms with Crippen LogP contribution in [0, 0.1) is 25.2 Å². The molecule has 0 spiro atoms. The fourth-order valence-electron chi connectivity index (χ4n) is 2.67. The van der Waals surface area contributed by atoms with E-state index in [4.69, 9.17) is 25.8 Å². The van der Waals surface area contributed by atoms with E-state index in [1.807, 2.05) is 13.0 Å². The lowest BCUT2D eigenvalue weighted by molar-refractivity contribution is -0.112. The highest BCUT2D eigenvalue weighted by Crippen LogP contribution is 2.37. The Labute approximate surface area is 183 Å². The van der Waals surface area contributed by atoms with Gasteiger partial charge in [0.05, 0.1) is 31.4 Å². The smallest absolute Gasteiger partial charge is 0.341 e. The van der Waals surface area contributed by atoms with Crippen molar-refractivity contribution in [3.63, 3.8) is 0 Å².